The number of H-pyrrole nitrogens is 1. The molecule has 0 unspecified atom stereocenters. The Balaban J connectivity index is 1.82. The lowest BCUT2D eigenvalue weighted by Crippen LogP contribution is -2.44. The van der Waals surface area contributed by atoms with E-state index in [2.05, 4.69) is 20.3 Å². The lowest BCUT2D eigenvalue weighted by molar-refractivity contribution is 0.229. The summed E-state index contributed by atoms with van der Waals surface area (Å²) in [7, 11) is 0. The van der Waals surface area contributed by atoms with Crippen molar-refractivity contribution in [2.75, 3.05) is 0 Å². The first-order chi connectivity index (χ1) is 9.26. The molecule has 2 aromatic heterocycles. The second-order valence-electron chi connectivity index (χ2n) is 5.07. The monoisotopic (exact) mass is 255 g/mol. The molecule has 19 heavy (non-hydrogen) atoms. The van der Waals surface area contributed by atoms with Crippen LogP contribution in [0.25, 0.3) is 22.4 Å². The van der Waals surface area contributed by atoms with E-state index in [9.17, 15) is 0 Å². The van der Waals surface area contributed by atoms with Gasteiger partial charge in [0.15, 0.2) is 5.82 Å². The minimum Gasteiger partial charge on any atom is -0.334 e. The van der Waals surface area contributed by atoms with E-state index in [4.69, 9.17) is 10.3 Å². The summed E-state index contributed by atoms with van der Waals surface area (Å²) >= 11 is 0. The number of para-hydroxylation sites is 1. The van der Waals surface area contributed by atoms with E-state index in [1.165, 1.54) is 0 Å². The van der Waals surface area contributed by atoms with E-state index in [1.54, 1.807) is 6.20 Å². The summed E-state index contributed by atoms with van der Waals surface area (Å²) in [6, 6.07) is 5.86. The van der Waals surface area contributed by atoms with Crippen LogP contribution in [0.1, 0.15) is 25.1 Å². The van der Waals surface area contributed by atoms with Gasteiger partial charge in [0, 0.05) is 5.39 Å². The largest absolute Gasteiger partial charge is 0.334 e. The Morgan fingerprint density at radius 3 is 3.00 bits per heavy atom. The van der Waals surface area contributed by atoms with E-state index < -0.39 is 5.54 Å². The van der Waals surface area contributed by atoms with Gasteiger partial charge >= 0.3 is 0 Å². The highest BCUT2D eigenvalue weighted by Gasteiger charge is 2.39. The third kappa shape index (κ3) is 1.50. The zero-order valence-corrected chi connectivity index (χ0v) is 10.3. The number of rotatable bonds is 2. The molecule has 0 aliphatic heterocycles. The number of nitrogens with two attached hydrogens (primary N) is 1. The van der Waals surface area contributed by atoms with Crippen molar-refractivity contribution in [3.8, 4) is 11.5 Å². The van der Waals surface area contributed by atoms with Crippen LogP contribution >= 0.6 is 0 Å². The average molecular weight is 255 g/mol. The molecule has 0 spiro atoms. The van der Waals surface area contributed by atoms with Crippen LogP contribution in [0.15, 0.2) is 28.9 Å². The van der Waals surface area contributed by atoms with Crippen LogP contribution in [0, 0.1) is 0 Å². The standard InChI is InChI=1S/C13H13N5O/c14-13(5-2-6-13)12-16-11(19-18-12)9-4-1-3-8-7-15-17-10(8)9/h1,3-4,7H,2,5-6,14H2,(H,15,17). The van der Waals surface area contributed by atoms with Crippen molar-refractivity contribution in [3.05, 3.63) is 30.2 Å². The Hall–Kier alpha value is -2.21. The minimum absolute atomic E-state index is 0.399. The maximum atomic E-state index is 6.20. The maximum Gasteiger partial charge on any atom is 0.260 e. The van der Waals surface area contributed by atoms with Crippen molar-refractivity contribution >= 4 is 10.9 Å². The lowest BCUT2D eigenvalue weighted by atomic mass is 9.77. The lowest BCUT2D eigenvalue weighted by Gasteiger charge is -2.34. The summed E-state index contributed by atoms with van der Waals surface area (Å²) in [6.07, 6.45) is 4.73. The van der Waals surface area contributed by atoms with E-state index in [-0.39, 0.29) is 0 Å². The molecule has 3 aromatic rings. The van der Waals surface area contributed by atoms with Crippen LogP contribution in [0.5, 0.6) is 0 Å². The van der Waals surface area contributed by atoms with Crippen LogP contribution in [0.4, 0.5) is 0 Å². The van der Waals surface area contributed by atoms with Crippen molar-refractivity contribution in [2.24, 2.45) is 5.73 Å². The molecular formula is C13H13N5O. The van der Waals surface area contributed by atoms with Crippen LogP contribution in [-0.4, -0.2) is 20.3 Å². The maximum absolute atomic E-state index is 6.20. The molecule has 1 fully saturated rings. The molecule has 4 rings (SSSR count). The summed E-state index contributed by atoms with van der Waals surface area (Å²) < 4.78 is 5.36. The van der Waals surface area contributed by atoms with Gasteiger partial charge in [0.2, 0.25) is 0 Å². The zero-order valence-electron chi connectivity index (χ0n) is 10.3. The quantitative estimate of drug-likeness (QED) is 0.730. The van der Waals surface area contributed by atoms with Gasteiger partial charge in [0.05, 0.1) is 22.8 Å². The van der Waals surface area contributed by atoms with Gasteiger partial charge in [-0.2, -0.15) is 10.1 Å². The fourth-order valence-corrected chi connectivity index (χ4v) is 2.46. The van der Waals surface area contributed by atoms with Gasteiger partial charge in [0.25, 0.3) is 5.89 Å². The molecule has 1 aliphatic carbocycles. The molecule has 1 aromatic carbocycles. The molecule has 0 bridgehead atoms. The highest BCUT2D eigenvalue weighted by Crippen LogP contribution is 2.38. The molecule has 6 nitrogen and oxygen atoms in total. The molecular weight excluding hydrogens is 242 g/mol. The predicted octanol–water partition coefficient (Wildman–Crippen LogP) is 1.95. The van der Waals surface area contributed by atoms with Crippen LogP contribution in [0.2, 0.25) is 0 Å². The predicted molar refractivity (Wildman–Crippen MR) is 69.1 cm³/mol. The molecule has 0 atom stereocenters. The molecule has 3 N–H and O–H groups in total. The summed E-state index contributed by atoms with van der Waals surface area (Å²) in [6.45, 7) is 0. The summed E-state index contributed by atoms with van der Waals surface area (Å²) in [5.74, 6) is 1.09. The smallest absolute Gasteiger partial charge is 0.260 e. The van der Waals surface area contributed by atoms with Crippen LogP contribution < -0.4 is 5.73 Å². The Morgan fingerprint density at radius 2 is 2.21 bits per heavy atom. The minimum atomic E-state index is -0.399. The first-order valence-electron chi connectivity index (χ1n) is 6.32. The number of fused-ring (bicyclic) bond motifs is 1. The summed E-state index contributed by atoms with van der Waals surface area (Å²) in [5, 5.41) is 12.0. The summed E-state index contributed by atoms with van der Waals surface area (Å²) in [4.78, 5) is 4.45. The van der Waals surface area contributed by atoms with Crippen LogP contribution in [0.3, 0.4) is 0 Å². The molecule has 1 saturated carbocycles. The Labute approximate surface area is 109 Å². The molecule has 1 aliphatic rings. The molecule has 0 amide bonds. The SMILES string of the molecule is NC1(c2noc(-c3cccc4cn[nH]c34)n2)CCC1. The van der Waals surface area contributed by atoms with Crippen molar-refractivity contribution in [1.82, 2.24) is 20.3 Å². The Bertz CT molecular complexity index is 740. The molecule has 2 heterocycles. The number of hydrogen-bond acceptors (Lipinski definition) is 5. The Morgan fingerprint density at radius 1 is 1.32 bits per heavy atom. The van der Waals surface area contributed by atoms with Crippen molar-refractivity contribution in [3.63, 3.8) is 0 Å². The molecule has 0 saturated heterocycles. The van der Waals surface area contributed by atoms with Gasteiger partial charge in [-0.05, 0) is 25.3 Å². The first-order valence-corrected chi connectivity index (χ1v) is 6.32. The zero-order chi connectivity index (χ0) is 12.9. The van der Waals surface area contributed by atoms with Gasteiger partial charge in [-0.25, -0.2) is 0 Å². The van der Waals surface area contributed by atoms with E-state index in [1.807, 2.05) is 18.2 Å². The fourth-order valence-electron chi connectivity index (χ4n) is 2.46. The van der Waals surface area contributed by atoms with Gasteiger partial charge in [-0.1, -0.05) is 17.3 Å². The number of nitrogens with zero attached hydrogens (tertiary/aromatic N) is 3. The second kappa shape index (κ2) is 3.64. The topological polar surface area (TPSA) is 93.6 Å². The Kier molecular flexibility index (Phi) is 2.05. The molecule has 6 heteroatoms. The van der Waals surface area contributed by atoms with Crippen molar-refractivity contribution in [1.29, 1.82) is 0 Å². The van der Waals surface area contributed by atoms with E-state index in [0.717, 1.165) is 35.7 Å². The molecule has 0 radical (unpaired) electrons. The van der Waals surface area contributed by atoms with E-state index in [0.29, 0.717) is 11.7 Å². The third-order valence-corrected chi connectivity index (χ3v) is 3.82. The van der Waals surface area contributed by atoms with Crippen molar-refractivity contribution < 1.29 is 4.52 Å². The van der Waals surface area contributed by atoms with Crippen molar-refractivity contribution in [2.45, 2.75) is 24.8 Å². The van der Waals surface area contributed by atoms with Gasteiger partial charge in [-0.3, -0.25) is 5.10 Å². The number of aromatic nitrogens is 4. The van der Waals surface area contributed by atoms with Gasteiger partial charge < -0.3 is 10.3 Å². The number of aromatic amines is 1. The number of nitrogens with one attached hydrogen (secondary N) is 1. The fraction of sp³-hybridized carbons (Fsp3) is 0.308. The number of hydrogen-bond donors (Lipinski definition) is 2. The second-order valence-corrected chi connectivity index (χ2v) is 5.07. The summed E-state index contributed by atoms with van der Waals surface area (Å²) in [5.41, 5.74) is 7.56. The van der Waals surface area contributed by atoms with Crippen LogP contribution in [-0.2, 0) is 5.54 Å². The average Bonchev–Trinajstić information content (AvgIpc) is 3.04. The number of benzene rings is 1. The van der Waals surface area contributed by atoms with Gasteiger partial charge in [-0.15, -0.1) is 0 Å². The highest BCUT2D eigenvalue weighted by atomic mass is 16.5. The van der Waals surface area contributed by atoms with E-state index >= 15 is 0 Å². The van der Waals surface area contributed by atoms with Gasteiger partial charge in [0.1, 0.15) is 0 Å². The molecule has 96 valence electrons. The highest BCUT2D eigenvalue weighted by molar-refractivity contribution is 5.90. The first kappa shape index (κ1) is 10.7. The third-order valence-electron chi connectivity index (χ3n) is 3.82. The normalized spacial score (nSPS) is 17.5.